The van der Waals surface area contributed by atoms with Crippen LogP contribution in [0.3, 0.4) is 0 Å². The van der Waals surface area contributed by atoms with Crippen molar-refractivity contribution in [2.24, 2.45) is 0 Å². The van der Waals surface area contributed by atoms with E-state index in [1.54, 1.807) is 0 Å². The Balaban J connectivity index is 1.11. The minimum absolute atomic E-state index is 0.532. The molecule has 212 valence electrons. The van der Waals surface area contributed by atoms with Gasteiger partial charge in [-0.1, -0.05) is 84.9 Å². The maximum atomic E-state index is 6.41. The zero-order valence-electron chi connectivity index (χ0n) is 24.1. The lowest BCUT2D eigenvalue weighted by molar-refractivity contribution is 0.614. The van der Waals surface area contributed by atoms with Gasteiger partial charge in [-0.25, -0.2) is 9.97 Å². The Labute approximate surface area is 258 Å². The number of rotatable bonds is 5. The molecule has 2 aromatic heterocycles. The van der Waals surface area contributed by atoms with E-state index in [1.807, 2.05) is 66.7 Å². The third-order valence-corrected chi connectivity index (χ3v) is 8.29. The van der Waals surface area contributed by atoms with E-state index in [2.05, 4.69) is 89.8 Å². The van der Waals surface area contributed by atoms with Gasteiger partial charge in [-0.15, -0.1) is 0 Å². The highest BCUT2D eigenvalue weighted by molar-refractivity contribution is 6.13. The summed E-state index contributed by atoms with van der Waals surface area (Å²) in [5, 5.41) is 4.65. The average Bonchev–Trinajstić information content (AvgIpc) is 3.73. The number of para-hydroxylation sites is 2. The van der Waals surface area contributed by atoms with Crippen molar-refractivity contribution in [3.05, 3.63) is 152 Å². The molecule has 5 heteroatoms. The highest BCUT2D eigenvalue weighted by Gasteiger charge is 2.18. The molecule has 7 aromatic carbocycles. The Hall–Kier alpha value is -6.20. The van der Waals surface area contributed by atoms with Gasteiger partial charge >= 0.3 is 0 Å². The van der Waals surface area contributed by atoms with Crippen LogP contribution in [0.25, 0.3) is 66.7 Å². The van der Waals surface area contributed by atoms with Gasteiger partial charge in [0.05, 0.1) is 0 Å². The van der Waals surface area contributed by atoms with Crippen molar-refractivity contribution in [2.45, 2.75) is 0 Å². The van der Waals surface area contributed by atoms with Gasteiger partial charge in [-0.05, 0) is 82.2 Å². The lowest BCUT2D eigenvalue weighted by atomic mass is 9.97. The van der Waals surface area contributed by atoms with Crippen molar-refractivity contribution in [1.29, 1.82) is 0 Å². The lowest BCUT2D eigenvalue weighted by Gasteiger charge is -2.25. The van der Waals surface area contributed by atoms with E-state index >= 15 is 0 Å². The van der Waals surface area contributed by atoms with Crippen LogP contribution in [0, 0.1) is 0 Å². The molecule has 0 saturated heterocycles. The van der Waals surface area contributed by atoms with Gasteiger partial charge in [0.2, 0.25) is 11.8 Å². The zero-order valence-corrected chi connectivity index (χ0v) is 24.1. The summed E-state index contributed by atoms with van der Waals surface area (Å²) in [6, 6.07) is 51.7. The molecule has 0 fully saturated rings. The minimum Gasteiger partial charge on any atom is -0.436 e. The molecule has 2 heterocycles. The summed E-state index contributed by atoms with van der Waals surface area (Å²) in [6.07, 6.45) is 0. The van der Waals surface area contributed by atoms with Gasteiger partial charge in [-0.2, -0.15) is 0 Å². The molecule has 0 aliphatic rings. The molecule has 0 spiro atoms. The van der Waals surface area contributed by atoms with Crippen LogP contribution in [0.2, 0.25) is 0 Å². The van der Waals surface area contributed by atoms with E-state index in [4.69, 9.17) is 18.8 Å². The van der Waals surface area contributed by atoms with Gasteiger partial charge in [0.25, 0.3) is 0 Å². The fourth-order valence-electron chi connectivity index (χ4n) is 6.18. The van der Waals surface area contributed by atoms with Crippen LogP contribution in [0.5, 0.6) is 0 Å². The van der Waals surface area contributed by atoms with Crippen LogP contribution in [-0.2, 0) is 0 Å². The fourth-order valence-corrected chi connectivity index (χ4v) is 6.18. The number of oxazole rings is 2. The molecule has 0 atom stereocenters. The molecule has 0 N–H and O–H groups in total. The Morgan fingerprint density at radius 2 is 1.00 bits per heavy atom. The van der Waals surface area contributed by atoms with Crippen LogP contribution >= 0.6 is 0 Å². The van der Waals surface area contributed by atoms with Crippen LogP contribution in [0.15, 0.2) is 160 Å². The van der Waals surface area contributed by atoms with Crippen molar-refractivity contribution in [2.75, 3.05) is 4.90 Å². The van der Waals surface area contributed by atoms with Crippen molar-refractivity contribution in [3.8, 4) is 22.9 Å². The molecular formula is C40H25N3O2. The smallest absolute Gasteiger partial charge is 0.227 e. The van der Waals surface area contributed by atoms with Crippen LogP contribution in [0.1, 0.15) is 0 Å². The van der Waals surface area contributed by atoms with Crippen molar-refractivity contribution in [3.63, 3.8) is 0 Å². The first-order valence-electron chi connectivity index (χ1n) is 14.9. The molecular weight excluding hydrogens is 554 g/mol. The number of fused-ring (bicyclic) bond motifs is 5. The maximum Gasteiger partial charge on any atom is 0.227 e. The van der Waals surface area contributed by atoms with Crippen LogP contribution < -0.4 is 4.90 Å². The Kier molecular flexibility index (Phi) is 5.74. The first kappa shape index (κ1) is 25.3. The standard InChI is InChI=1S/C40H25N3O2/c1-3-12-28(13-4-1)43(29-14-5-2-6-15-29)30-20-22-36-38(25-30)44-39(41-36)27-19-21-35-37(24-27)45-40(42-35)34-23-26-11-7-8-16-31(26)32-17-9-10-18-33(32)34/h1-25H. The number of hydrogen-bond donors (Lipinski definition) is 0. The summed E-state index contributed by atoms with van der Waals surface area (Å²) < 4.78 is 12.8. The average molecular weight is 580 g/mol. The number of aromatic nitrogens is 2. The summed E-state index contributed by atoms with van der Waals surface area (Å²) in [7, 11) is 0. The predicted octanol–water partition coefficient (Wildman–Crippen LogP) is 11.1. The first-order valence-corrected chi connectivity index (χ1v) is 14.9. The number of benzene rings is 7. The van der Waals surface area contributed by atoms with Gasteiger partial charge in [0.15, 0.2) is 11.2 Å². The van der Waals surface area contributed by atoms with Crippen molar-refractivity contribution in [1.82, 2.24) is 9.97 Å². The molecule has 0 aliphatic carbocycles. The second kappa shape index (κ2) is 10.2. The maximum absolute atomic E-state index is 6.41. The van der Waals surface area contributed by atoms with E-state index in [0.717, 1.165) is 50.0 Å². The molecule has 9 rings (SSSR count). The third-order valence-electron chi connectivity index (χ3n) is 8.29. The van der Waals surface area contributed by atoms with E-state index in [9.17, 15) is 0 Å². The number of anilines is 3. The topological polar surface area (TPSA) is 55.3 Å². The van der Waals surface area contributed by atoms with E-state index in [0.29, 0.717) is 22.9 Å². The van der Waals surface area contributed by atoms with Crippen molar-refractivity contribution < 1.29 is 8.83 Å². The molecule has 0 amide bonds. The van der Waals surface area contributed by atoms with Gasteiger partial charge in [0, 0.05) is 34.3 Å². The summed E-state index contributed by atoms with van der Waals surface area (Å²) in [6.45, 7) is 0. The van der Waals surface area contributed by atoms with Crippen LogP contribution in [0.4, 0.5) is 17.1 Å². The van der Waals surface area contributed by atoms with Gasteiger partial charge in [-0.3, -0.25) is 0 Å². The Bertz CT molecular complexity index is 2460. The van der Waals surface area contributed by atoms with E-state index < -0.39 is 0 Å². The van der Waals surface area contributed by atoms with E-state index in [-0.39, 0.29) is 0 Å². The molecule has 0 bridgehead atoms. The molecule has 5 nitrogen and oxygen atoms in total. The van der Waals surface area contributed by atoms with Gasteiger partial charge < -0.3 is 13.7 Å². The molecule has 9 aromatic rings. The second-order valence-corrected chi connectivity index (χ2v) is 11.1. The minimum atomic E-state index is 0.532. The molecule has 0 aliphatic heterocycles. The summed E-state index contributed by atoms with van der Waals surface area (Å²) in [4.78, 5) is 11.9. The zero-order chi connectivity index (χ0) is 29.7. The Morgan fingerprint density at radius 3 is 1.76 bits per heavy atom. The van der Waals surface area contributed by atoms with Crippen LogP contribution in [-0.4, -0.2) is 9.97 Å². The SMILES string of the molecule is c1ccc(N(c2ccccc2)c2ccc3nc(-c4ccc5nc(-c6cc7ccccc7c7ccccc67)oc5c4)oc3c2)cc1. The van der Waals surface area contributed by atoms with E-state index in [1.165, 1.54) is 10.8 Å². The number of hydrogen-bond acceptors (Lipinski definition) is 5. The summed E-state index contributed by atoms with van der Waals surface area (Å²) in [5.74, 6) is 1.12. The van der Waals surface area contributed by atoms with Gasteiger partial charge in [0.1, 0.15) is 11.0 Å². The van der Waals surface area contributed by atoms with Crippen molar-refractivity contribution >= 4 is 60.8 Å². The molecule has 0 saturated carbocycles. The largest absolute Gasteiger partial charge is 0.436 e. The lowest BCUT2D eigenvalue weighted by Crippen LogP contribution is -2.09. The number of nitrogens with zero attached hydrogens (tertiary/aromatic N) is 3. The first-order chi connectivity index (χ1) is 22.3. The predicted molar refractivity (Wildman–Crippen MR) is 182 cm³/mol. The normalized spacial score (nSPS) is 11.6. The highest BCUT2D eigenvalue weighted by atomic mass is 16.4. The molecule has 0 radical (unpaired) electrons. The quantitative estimate of drug-likeness (QED) is 0.190. The second-order valence-electron chi connectivity index (χ2n) is 11.1. The highest BCUT2D eigenvalue weighted by Crippen LogP contribution is 2.38. The fraction of sp³-hybridized carbons (Fsp3) is 0. The monoisotopic (exact) mass is 579 g/mol. The summed E-state index contributed by atoms with van der Waals surface area (Å²) in [5.41, 5.74) is 7.87. The Morgan fingerprint density at radius 1 is 0.422 bits per heavy atom. The third kappa shape index (κ3) is 4.33. The summed E-state index contributed by atoms with van der Waals surface area (Å²) >= 11 is 0. The molecule has 45 heavy (non-hydrogen) atoms. The molecule has 0 unspecified atom stereocenters.